The molecule has 0 unspecified atom stereocenters. The molecule has 0 N–H and O–H groups in total. The van der Waals surface area contributed by atoms with E-state index in [1.54, 1.807) is 0 Å². The predicted octanol–water partition coefficient (Wildman–Crippen LogP) is 7.51. The number of hydrogen-bond acceptors (Lipinski definition) is 2. The van der Waals surface area contributed by atoms with Crippen molar-refractivity contribution in [3.8, 4) is 22.4 Å². The number of benzene rings is 3. The first-order chi connectivity index (χ1) is 14.2. The van der Waals surface area contributed by atoms with Crippen molar-refractivity contribution in [3.63, 3.8) is 0 Å². The summed E-state index contributed by atoms with van der Waals surface area (Å²) in [5.74, 6) is 0.614. The summed E-state index contributed by atoms with van der Waals surface area (Å²) in [6.45, 7) is 4.49. The van der Waals surface area contributed by atoms with E-state index >= 15 is 0 Å². The molecule has 0 spiro atoms. The molecule has 0 amide bonds. The molecule has 0 aliphatic rings. The van der Waals surface area contributed by atoms with Crippen LogP contribution < -0.4 is 0 Å². The molecule has 0 saturated heterocycles. The van der Waals surface area contributed by atoms with E-state index in [1.165, 1.54) is 16.7 Å². The number of fused-ring (bicyclic) bond motifs is 3. The molecule has 0 aliphatic heterocycles. The van der Waals surface area contributed by atoms with E-state index in [0.717, 1.165) is 39.6 Å². The molecule has 0 aliphatic carbocycles. The third kappa shape index (κ3) is 3.31. The Kier molecular flexibility index (Phi) is 4.40. The Balaban J connectivity index is 1.77. The van der Waals surface area contributed by atoms with Gasteiger partial charge >= 0.3 is 0 Å². The van der Waals surface area contributed by atoms with Crippen molar-refractivity contribution in [2.45, 2.75) is 20.3 Å². The second-order valence-electron chi connectivity index (χ2n) is 8.01. The van der Waals surface area contributed by atoms with Crippen molar-refractivity contribution in [1.82, 2.24) is 4.98 Å². The number of pyridine rings is 1. The lowest BCUT2D eigenvalue weighted by atomic mass is 9.95. The molecule has 3 aromatic carbocycles. The molecular formula is C27H23NO. The molecule has 0 atom stereocenters. The van der Waals surface area contributed by atoms with E-state index < -0.39 is 0 Å². The van der Waals surface area contributed by atoms with E-state index in [2.05, 4.69) is 85.6 Å². The summed E-state index contributed by atoms with van der Waals surface area (Å²) in [6, 6.07) is 27.5. The molecule has 2 aromatic heterocycles. The summed E-state index contributed by atoms with van der Waals surface area (Å²) in [6.07, 6.45) is 2.96. The molecule has 0 radical (unpaired) electrons. The number of para-hydroxylation sites is 1. The second kappa shape index (κ2) is 7.21. The standard InChI is InChI=1S/C27H23NO/c1-18(2)14-19-12-13-28-24(15-19)21-16-23(20-8-4-3-5-9-20)27-22-10-6-7-11-25(22)29-26(27)17-21/h3-13,15-18H,14H2,1-2H3. The van der Waals surface area contributed by atoms with Crippen molar-refractivity contribution in [2.24, 2.45) is 5.92 Å². The Morgan fingerprint density at radius 2 is 1.59 bits per heavy atom. The van der Waals surface area contributed by atoms with E-state index in [0.29, 0.717) is 5.92 Å². The van der Waals surface area contributed by atoms with Crippen molar-refractivity contribution in [2.75, 3.05) is 0 Å². The lowest BCUT2D eigenvalue weighted by Gasteiger charge is -2.10. The average molecular weight is 377 g/mol. The van der Waals surface area contributed by atoms with Gasteiger partial charge in [-0.15, -0.1) is 0 Å². The second-order valence-corrected chi connectivity index (χ2v) is 8.01. The van der Waals surface area contributed by atoms with Gasteiger partial charge in [0.15, 0.2) is 0 Å². The summed E-state index contributed by atoms with van der Waals surface area (Å²) in [5.41, 5.74) is 7.57. The van der Waals surface area contributed by atoms with Crippen molar-refractivity contribution in [1.29, 1.82) is 0 Å². The van der Waals surface area contributed by atoms with E-state index in [-0.39, 0.29) is 0 Å². The fraction of sp³-hybridized carbons (Fsp3) is 0.148. The van der Waals surface area contributed by atoms with Crippen LogP contribution in [0.4, 0.5) is 0 Å². The van der Waals surface area contributed by atoms with Gasteiger partial charge in [-0.05, 0) is 59.4 Å². The van der Waals surface area contributed by atoms with E-state index in [1.807, 2.05) is 18.3 Å². The number of nitrogens with zero attached hydrogens (tertiary/aromatic N) is 1. The van der Waals surface area contributed by atoms with Crippen LogP contribution in [0.25, 0.3) is 44.3 Å². The molecule has 0 saturated carbocycles. The summed E-state index contributed by atoms with van der Waals surface area (Å²) in [4.78, 5) is 4.67. The molecule has 0 fully saturated rings. The van der Waals surface area contributed by atoms with Crippen LogP contribution in [-0.4, -0.2) is 4.98 Å². The number of furan rings is 1. The Bertz CT molecular complexity index is 1300. The van der Waals surface area contributed by atoms with Crippen LogP contribution in [0.5, 0.6) is 0 Å². The molecule has 29 heavy (non-hydrogen) atoms. The highest BCUT2D eigenvalue weighted by Gasteiger charge is 2.15. The quantitative estimate of drug-likeness (QED) is 0.324. The first-order valence-electron chi connectivity index (χ1n) is 10.1. The lowest BCUT2D eigenvalue weighted by Crippen LogP contribution is -1.95. The monoisotopic (exact) mass is 377 g/mol. The van der Waals surface area contributed by atoms with Gasteiger partial charge in [-0.1, -0.05) is 62.4 Å². The van der Waals surface area contributed by atoms with Crippen molar-refractivity contribution < 1.29 is 4.42 Å². The van der Waals surface area contributed by atoms with Gasteiger partial charge in [-0.3, -0.25) is 4.98 Å². The van der Waals surface area contributed by atoms with Gasteiger partial charge < -0.3 is 4.42 Å². The van der Waals surface area contributed by atoms with Crippen molar-refractivity contribution >= 4 is 21.9 Å². The minimum absolute atomic E-state index is 0.614. The maximum atomic E-state index is 6.24. The molecule has 2 heterocycles. The van der Waals surface area contributed by atoms with Gasteiger partial charge in [-0.2, -0.15) is 0 Å². The summed E-state index contributed by atoms with van der Waals surface area (Å²) in [7, 11) is 0. The van der Waals surface area contributed by atoms with Crippen LogP contribution in [0, 0.1) is 5.92 Å². The van der Waals surface area contributed by atoms with Crippen LogP contribution in [0.2, 0.25) is 0 Å². The fourth-order valence-corrected chi connectivity index (χ4v) is 4.08. The number of hydrogen-bond donors (Lipinski definition) is 0. The highest BCUT2D eigenvalue weighted by atomic mass is 16.3. The number of rotatable bonds is 4. The molecule has 2 heteroatoms. The average Bonchev–Trinajstić information content (AvgIpc) is 3.12. The maximum absolute atomic E-state index is 6.24. The largest absolute Gasteiger partial charge is 0.456 e. The Morgan fingerprint density at radius 1 is 0.793 bits per heavy atom. The predicted molar refractivity (Wildman–Crippen MR) is 121 cm³/mol. The molecule has 142 valence electrons. The molecule has 5 aromatic rings. The van der Waals surface area contributed by atoms with Crippen LogP contribution >= 0.6 is 0 Å². The normalized spacial score (nSPS) is 11.6. The van der Waals surface area contributed by atoms with Gasteiger partial charge in [0.05, 0.1) is 5.69 Å². The van der Waals surface area contributed by atoms with Crippen LogP contribution in [-0.2, 0) is 6.42 Å². The number of aromatic nitrogens is 1. The Morgan fingerprint density at radius 3 is 2.41 bits per heavy atom. The smallest absolute Gasteiger partial charge is 0.136 e. The topological polar surface area (TPSA) is 26.0 Å². The van der Waals surface area contributed by atoms with Gasteiger partial charge in [0.25, 0.3) is 0 Å². The first kappa shape index (κ1) is 17.7. The summed E-state index contributed by atoms with van der Waals surface area (Å²) in [5, 5.41) is 2.31. The van der Waals surface area contributed by atoms with E-state index in [9.17, 15) is 0 Å². The molecule has 5 rings (SSSR count). The van der Waals surface area contributed by atoms with Crippen LogP contribution in [0.1, 0.15) is 19.4 Å². The van der Waals surface area contributed by atoms with Gasteiger partial charge in [0.1, 0.15) is 11.2 Å². The lowest BCUT2D eigenvalue weighted by molar-refractivity contribution is 0.647. The minimum Gasteiger partial charge on any atom is -0.456 e. The third-order valence-corrected chi connectivity index (χ3v) is 5.33. The first-order valence-corrected chi connectivity index (χ1v) is 10.1. The third-order valence-electron chi connectivity index (χ3n) is 5.33. The Hall–Kier alpha value is -3.39. The van der Waals surface area contributed by atoms with Crippen LogP contribution in [0.15, 0.2) is 89.5 Å². The van der Waals surface area contributed by atoms with Gasteiger partial charge in [0.2, 0.25) is 0 Å². The van der Waals surface area contributed by atoms with Gasteiger partial charge in [0, 0.05) is 22.5 Å². The SMILES string of the molecule is CC(C)Cc1ccnc(-c2cc(-c3ccccc3)c3c(c2)oc2ccccc23)c1. The minimum atomic E-state index is 0.614. The van der Waals surface area contributed by atoms with Crippen LogP contribution in [0.3, 0.4) is 0 Å². The van der Waals surface area contributed by atoms with Gasteiger partial charge in [-0.25, -0.2) is 0 Å². The highest BCUT2D eigenvalue weighted by Crippen LogP contribution is 2.39. The molecular weight excluding hydrogens is 354 g/mol. The fourth-order valence-electron chi connectivity index (χ4n) is 4.08. The van der Waals surface area contributed by atoms with E-state index in [4.69, 9.17) is 4.42 Å². The highest BCUT2D eigenvalue weighted by molar-refractivity contribution is 6.13. The molecule has 2 nitrogen and oxygen atoms in total. The zero-order valence-electron chi connectivity index (χ0n) is 16.7. The summed E-state index contributed by atoms with van der Waals surface area (Å²) < 4.78 is 6.24. The zero-order chi connectivity index (χ0) is 19.8. The summed E-state index contributed by atoms with van der Waals surface area (Å²) >= 11 is 0. The zero-order valence-corrected chi connectivity index (χ0v) is 16.7. The molecule has 0 bridgehead atoms. The maximum Gasteiger partial charge on any atom is 0.136 e. The Labute approximate surface area is 170 Å². The van der Waals surface area contributed by atoms with Crippen molar-refractivity contribution in [3.05, 3.63) is 90.6 Å².